The van der Waals surface area contributed by atoms with E-state index >= 15 is 0 Å². The summed E-state index contributed by atoms with van der Waals surface area (Å²) >= 11 is 3.34. The first kappa shape index (κ1) is 17.1. The maximum atomic E-state index is 13.2. The quantitative estimate of drug-likeness (QED) is 0.644. The molecule has 0 saturated heterocycles. The minimum Gasteiger partial charge on any atom is -0.366 e. The van der Waals surface area contributed by atoms with E-state index in [2.05, 4.69) is 31.5 Å². The van der Waals surface area contributed by atoms with Crippen molar-refractivity contribution >= 4 is 33.3 Å². The van der Waals surface area contributed by atoms with E-state index in [1.807, 2.05) is 30.3 Å². The second-order valence-electron chi connectivity index (χ2n) is 5.38. The van der Waals surface area contributed by atoms with Gasteiger partial charge in [-0.1, -0.05) is 18.2 Å². The van der Waals surface area contributed by atoms with Crippen LogP contribution >= 0.6 is 15.9 Å². The molecule has 1 amide bonds. The zero-order valence-electron chi connectivity index (χ0n) is 13.2. The van der Waals surface area contributed by atoms with Crippen molar-refractivity contribution in [2.75, 3.05) is 10.6 Å². The van der Waals surface area contributed by atoms with Crippen LogP contribution in [0.25, 0.3) is 0 Å². The van der Waals surface area contributed by atoms with Gasteiger partial charge in [-0.3, -0.25) is 4.79 Å². The molecule has 1 aromatic heterocycles. The highest BCUT2D eigenvalue weighted by atomic mass is 79.9. The van der Waals surface area contributed by atoms with Crippen molar-refractivity contribution in [1.29, 1.82) is 0 Å². The molecule has 0 unspecified atom stereocenters. The Balaban J connectivity index is 1.64. The molecule has 2 N–H and O–H groups in total. The molecule has 4 nitrogen and oxygen atoms in total. The molecule has 0 atom stereocenters. The Kier molecular flexibility index (Phi) is 5.40. The van der Waals surface area contributed by atoms with Crippen LogP contribution in [0.2, 0.25) is 0 Å². The van der Waals surface area contributed by atoms with Crippen molar-refractivity contribution in [2.45, 2.75) is 6.54 Å². The topological polar surface area (TPSA) is 54.0 Å². The summed E-state index contributed by atoms with van der Waals surface area (Å²) in [5.41, 5.74) is 1.92. The predicted octanol–water partition coefficient (Wildman–Crippen LogP) is 4.85. The van der Waals surface area contributed by atoms with E-state index in [9.17, 15) is 9.18 Å². The van der Waals surface area contributed by atoms with Crippen LogP contribution in [0.3, 0.4) is 0 Å². The SMILES string of the molecule is O=C(Nc1cccc(CNc2ccc(Br)cn2)c1)c1cccc(F)c1. The van der Waals surface area contributed by atoms with Gasteiger partial charge < -0.3 is 10.6 Å². The number of pyridine rings is 1. The smallest absolute Gasteiger partial charge is 0.255 e. The number of aromatic nitrogens is 1. The molecule has 0 fully saturated rings. The lowest BCUT2D eigenvalue weighted by Crippen LogP contribution is -2.12. The number of anilines is 2. The number of amides is 1. The maximum Gasteiger partial charge on any atom is 0.255 e. The molecule has 0 radical (unpaired) electrons. The molecule has 0 bridgehead atoms. The van der Waals surface area contributed by atoms with E-state index in [-0.39, 0.29) is 11.5 Å². The van der Waals surface area contributed by atoms with Crippen molar-refractivity contribution in [3.05, 3.63) is 88.3 Å². The first-order chi connectivity index (χ1) is 12.1. The van der Waals surface area contributed by atoms with Gasteiger partial charge in [0.2, 0.25) is 0 Å². The molecule has 0 aliphatic heterocycles. The van der Waals surface area contributed by atoms with E-state index in [1.165, 1.54) is 18.2 Å². The molecule has 0 aliphatic rings. The zero-order valence-corrected chi connectivity index (χ0v) is 14.8. The summed E-state index contributed by atoms with van der Waals surface area (Å²) in [5, 5.41) is 5.99. The third-order valence-electron chi connectivity index (χ3n) is 3.47. The van der Waals surface area contributed by atoms with Crippen molar-refractivity contribution in [1.82, 2.24) is 4.98 Å². The first-order valence-electron chi connectivity index (χ1n) is 7.61. The van der Waals surface area contributed by atoms with Crippen LogP contribution in [0, 0.1) is 5.82 Å². The first-order valence-corrected chi connectivity index (χ1v) is 8.41. The number of hydrogen-bond acceptors (Lipinski definition) is 3. The number of benzene rings is 2. The highest BCUT2D eigenvalue weighted by Gasteiger charge is 2.07. The normalized spacial score (nSPS) is 10.3. The highest BCUT2D eigenvalue weighted by molar-refractivity contribution is 9.10. The van der Waals surface area contributed by atoms with Gasteiger partial charge in [-0.2, -0.15) is 0 Å². The summed E-state index contributed by atoms with van der Waals surface area (Å²) in [6, 6.07) is 16.8. The highest BCUT2D eigenvalue weighted by Crippen LogP contribution is 2.15. The minimum atomic E-state index is -0.437. The van der Waals surface area contributed by atoms with Crippen LogP contribution in [0.5, 0.6) is 0 Å². The number of nitrogens with one attached hydrogen (secondary N) is 2. The van der Waals surface area contributed by atoms with Gasteiger partial charge in [0.1, 0.15) is 11.6 Å². The number of carbonyl (C=O) groups excluding carboxylic acids is 1. The Labute approximate surface area is 153 Å². The van der Waals surface area contributed by atoms with Crippen LogP contribution in [0.4, 0.5) is 15.9 Å². The van der Waals surface area contributed by atoms with Crippen LogP contribution in [-0.2, 0) is 6.54 Å². The summed E-state index contributed by atoms with van der Waals surface area (Å²) < 4.78 is 14.1. The number of hydrogen-bond donors (Lipinski definition) is 2. The van der Waals surface area contributed by atoms with Gasteiger partial charge in [-0.05, 0) is 64.0 Å². The van der Waals surface area contributed by atoms with Crippen LogP contribution in [0.1, 0.15) is 15.9 Å². The largest absolute Gasteiger partial charge is 0.366 e. The fraction of sp³-hybridized carbons (Fsp3) is 0.0526. The van der Waals surface area contributed by atoms with E-state index in [1.54, 1.807) is 18.3 Å². The molecule has 0 saturated carbocycles. The molecule has 3 rings (SSSR count). The Morgan fingerprint density at radius 2 is 1.92 bits per heavy atom. The van der Waals surface area contributed by atoms with Gasteiger partial charge in [-0.25, -0.2) is 9.37 Å². The average molecular weight is 400 g/mol. The Morgan fingerprint density at radius 1 is 1.08 bits per heavy atom. The maximum absolute atomic E-state index is 13.2. The molecular weight excluding hydrogens is 385 g/mol. The molecule has 25 heavy (non-hydrogen) atoms. The van der Waals surface area contributed by atoms with Crippen molar-refractivity contribution in [3.8, 4) is 0 Å². The summed E-state index contributed by atoms with van der Waals surface area (Å²) in [6.07, 6.45) is 1.72. The fourth-order valence-corrected chi connectivity index (χ4v) is 2.50. The number of nitrogens with zero attached hydrogens (tertiary/aromatic N) is 1. The third-order valence-corrected chi connectivity index (χ3v) is 3.94. The second-order valence-corrected chi connectivity index (χ2v) is 6.30. The third kappa shape index (κ3) is 4.87. The molecule has 2 aromatic carbocycles. The van der Waals surface area contributed by atoms with Crippen molar-refractivity contribution in [2.24, 2.45) is 0 Å². The van der Waals surface area contributed by atoms with Gasteiger partial charge >= 0.3 is 0 Å². The summed E-state index contributed by atoms with van der Waals surface area (Å²) in [6.45, 7) is 0.568. The predicted molar refractivity (Wildman–Crippen MR) is 100 cm³/mol. The second kappa shape index (κ2) is 7.90. The van der Waals surface area contributed by atoms with E-state index in [0.29, 0.717) is 12.2 Å². The Morgan fingerprint density at radius 3 is 2.68 bits per heavy atom. The molecule has 126 valence electrons. The fourth-order valence-electron chi connectivity index (χ4n) is 2.27. The monoisotopic (exact) mass is 399 g/mol. The van der Waals surface area contributed by atoms with Crippen molar-refractivity contribution < 1.29 is 9.18 Å². The lowest BCUT2D eigenvalue weighted by atomic mass is 10.1. The van der Waals surface area contributed by atoms with Gasteiger partial charge in [0, 0.05) is 28.5 Å². The van der Waals surface area contributed by atoms with Gasteiger partial charge in [0.05, 0.1) is 0 Å². The van der Waals surface area contributed by atoms with Crippen molar-refractivity contribution in [3.63, 3.8) is 0 Å². The van der Waals surface area contributed by atoms with Gasteiger partial charge in [0.25, 0.3) is 5.91 Å². The summed E-state index contributed by atoms with van der Waals surface area (Å²) in [4.78, 5) is 16.4. The molecule has 3 aromatic rings. The number of carbonyl (C=O) groups is 1. The van der Waals surface area contributed by atoms with Crippen LogP contribution < -0.4 is 10.6 Å². The zero-order chi connectivity index (χ0) is 17.6. The van der Waals surface area contributed by atoms with Gasteiger partial charge in [0.15, 0.2) is 0 Å². The Hall–Kier alpha value is -2.73. The minimum absolute atomic E-state index is 0.280. The van der Waals surface area contributed by atoms with E-state index in [4.69, 9.17) is 0 Å². The number of halogens is 2. The molecule has 6 heteroatoms. The number of rotatable bonds is 5. The van der Waals surface area contributed by atoms with Gasteiger partial charge in [-0.15, -0.1) is 0 Å². The van der Waals surface area contributed by atoms with Crippen LogP contribution in [0.15, 0.2) is 71.3 Å². The standard InChI is InChI=1S/C19H15BrFN3O/c20-15-7-8-18(23-12-15)22-11-13-3-1-6-17(9-13)24-19(25)14-4-2-5-16(21)10-14/h1-10,12H,11H2,(H,22,23)(H,24,25). The molecule has 1 heterocycles. The average Bonchev–Trinajstić information content (AvgIpc) is 2.61. The van der Waals surface area contributed by atoms with Crippen LogP contribution in [-0.4, -0.2) is 10.9 Å². The van der Waals surface area contributed by atoms with E-state index in [0.717, 1.165) is 15.9 Å². The summed E-state index contributed by atoms with van der Waals surface area (Å²) in [5.74, 6) is -0.0239. The molecular formula is C19H15BrFN3O. The summed E-state index contributed by atoms with van der Waals surface area (Å²) in [7, 11) is 0. The molecule has 0 spiro atoms. The van der Waals surface area contributed by atoms with E-state index < -0.39 is 5.82 Å². The molecule has 0 aliphatic carbocycles. The Bertz CT molecular complexity index is 884. The lowest BCUT2D eigenvalue weighted by Gasteiger charge is -2.09. The lowest BCUT2D eigenvalue weighted by molar-refractivity contribution is 0.102.